The zero-order chi connectivity index (χ0) is 31.2. The quantitative estimate of drug-likeness (QED) is 0.364. The van der Waals surface area contributed by atoms with Gasteiger partial charge in [-0.1, -0.05) is 0 Å². The van der Waals surface area contributed by atoms with Gasteiger partial charge in [-0.15, -0.1) is 0 Å². The second-order valence-electron chi connectivity index (χ2n) is 10.9. The summed E-state index contributed by atoms with van der Waals surface area (Å²) in [6, 6.07) is 4.94. The summed E-state index contributed by atoms with van der Waals surface area (Å²) in [7, 11) is 1.41. The zero-order valence-electron chi connectivity index (χ0n) is 24.0. The number of nitrogens with zero attached hydrogens (tertiary/aromatic N) is 7. The van der Waals surface area contributed by atoms with Crippen molar-refractivity contribution >= 4 is 17.5 Å². The van der Waals surface area contributed by atoms with E-state index in [4.69, 9.17) is 9.47 Å². The maximum Gasteiger partial charge on any atom is 0.435 e. The Hall–Kier alpha value is -4.50. The number of aromatic nitrogens is 5. The van der Waals surface area contributed by atoms with E-state index in [0.717, 1.165) is 4.68 Å². The zero-order valence-corrected chi connectivity index (χ0v) is 24.0. The van der Waals surface area contributed by atoms with E-state index in [1.807, 2.05) is 0 Å². The van der Waals surface area contributed by atoms with Crippen LogP contribution in [0.2, 0.25) is 0 Å². The maximum atomic E-state index is 13.6. The second-order valence-corrected chi connectivity index (χ2v) is 10.9. The van der Waals surface area contributed by atoms with Crippen molar-refractivity contribution in [3.05, 3.63) is 59.8 Å². The summed E-state index contributed by atoms with van der Waals surface area (Å²) in [5.41, 5.74) is 0.353. The lowest BCUT2D eigenvalue weighted by molar-refractivity contribution is -0.147. The van der Waals surface area contributed by atoms with Crippen molar-refractivity contribution in [2.24, 2.45) is 13.0 Å². The molecule has 2 amide bonds. The van der Waals surface area contributed by atoms with Gasteiger partial charge in [0.05, 0.1) is 36.1 Å². The van der Waals surface area contributed by atoms with Gasteiger partial charge in [-0.25, -0.2) is 9.97 Å². The Morgan fingerprint density at radius 1 is 1.11 bits per heavy atom. The number of imidazole rings is 1. The van der Waals surface area contributed by atoms with Gasteiger partial charge >= 0.3 is 6.18 Å². The normalized spacial score (nSPS) is 19.4. The van der Waals surface area contributed by atoms with E-state index in [-0.39, 0.29) is 41.2 Å². The molecule has 232 valence electrons. The van der Waals surface area contributed by atoms with Gasteiger partial charge in [0.2, 0.25) is 11.6 Å². The molecule has 1 N–H and O–H groups in total. The van der Waals surface area contributed by atoms with Crippen LogP contribution in [0, 0.1) is 12.8 Å². The number of carbonyl (C=O) groups is 2. The monoisotopic (exact) mass is 613 g/mol. The molecule has 6 rings (SSSR count). The number of halogens is 3. The Balaban J connectivity index is 1.15. The molecule has 0 spiro atoms. The predicted molar refractivity (Wildman–Crippen MR) is 149 cm³/mol. The Morgan fingerprint density at radius 2 is 1.86 bits per heavy atom. The molecule has 0 radical (unpaired) electrons. The Bertz CT molecular complexity index is 1710. The molecule has 12 nitrogen and oxygen atoms in total. The molecular formula is C29H30F3N7O5. The number of aliphatic hydroxyl groups excluding tert-OH is 1. The summed E-state index contributed by atoms with van der Waals surface area (Å²) in [4.78, 5) is 38.1. The van der Waals surface area contributed by atoms with Crippen molar-refractivity contribution in [3.8, 4) is 22.9 Å². The van der Waals surface area contributed by atoms with E-state index in [1.54, 1.807) is 34.9 Å². The van der Waals surface area contributed by atoms with E-state index >= 15 is 0 Å². The van der Waals surface area contributed by atoms with Gasteiger partial charge in [0.1, 0.15) is 5.75 Å². The number of alkyl halides is 3. The minimum Gasteiger partial charge on any atom is -0.436 e. The SMILES string of the molecule is Cc1cc(Oc2nccn3c(-c4cn(C)nc4C(F)(F)F)cnc23)ccc1C(=O)N1CCN(C(=O)[C@H]2CCOC[C@@H]2O)CC1. The van der Waals surface area contributed by atoms with Gasteiger partial charge in [-0.3, -0.25) is 18.7 Å². The second kappa shape index (κ2) is 11.5. The molecule has 0 saturated carbocycles. The largest absolute Gasteiger partial charge is 0.436 e. The topological polar surface area (TPSA) is 127 Å². The van der Waals surface area contributed by atoms with Crippen molar-refractivity contribution in [1.29, 1.82) is 0 Å². The highest BCUT2D eigenvalue weighted by molar-refractivity contribution is 5.96. The number of amides is 2. The van der Waals surface area contributed by atoms with E-state index in [9.17, 15) is 27.9 Å². The number of benzene rings is 1. The fourth-order valence-electron chi connectivity index (χ4n) is 5.65. The predicted octanol–water partition coefficient (Wildman–Crippen LogP) is 2.93. The van der Waals surface area contributed by atoms with E-state index in [0.29, 0.717) is 56.1 Å². The smallest absolute Gasteiger partial charge is 0.435 e. The van der Waals surface area contributed by atoms with Gasteiger partial charge in [0.25, 0.3) is 11.8 Å². The number of carbonyl (C=O) groups excluding carboxylic acids is 2. The third-order valence-corrected chi connectivity index (χ3v) is 7.93. The molecule has 2 aliphatic heterocycles. The van der Waals surface area contributed by atoms with Crippen LogP contribution >= 0.6 is 0 Å². The third kappa shape index (κ3) is 5.59. The molecule has 0 bridgehead atoms. The summed E-state index contributed by atoms with van der Waals surface area (Å²) in [6.45, 7) is 3.84. The average molecular weight is 614 g/mol. The molecule has 44 heavy (non-hydrogen) atoms. The molecule has 2 aliphatic rings. The van der Waals surface area contributed by atoms with Crippen LogP contribution in [0.4, 0.5) is 13.2 Å². The number of aliphatic hydroxyl groups is 1. The van der Waals surface area contributed by atoms with Crippen LogP contribution in [-0.4, -0.2) is 96.4 Å². The van der Waals surface area contributed by atoms with Crippen molar-refractivity contribution in [2.75, 3.05) is 39.4 Å². The number of aryl methyl sites for hydroxylation is 2. The molecule has 1 aromatic carbocycles. The fourth-order valence-corrected chi connectivity index (χ4v) is 5.65. The van der Waals surface area contributed by atoms with Gasteiger partial charge in [-0.05, 0) is 37.1 Å². The lowest BCUT2D eigenvalue weighted by atomic mass is 9.95. The van der Waals surface area contributed by atoms with E-state index in [2.05, 4.69) is 15.1 Å². The molecule has 2 saturated heterocycles. The lowest BCUT2D eigenvalue weighted by Crippen LogP contribution is -2.54. The number of piperazine rings is 1. The summed E-state index contributed by atoms with van der Waals surface area (Å²) < 4.78 is 54.6. The highest BCUT2D eigenvalue weighted by Gasteiger charge is 2.38. The standard InChI is InChI=1S/C29H30F3N7O5/c1-17-13-18(3-4-19(17)27(41)37-8-10-38(11-9-37)28(42)20-5-12-43-16-23(20)40)44-26-25-34-14-22(39(25)7-6-33-26)21-15-36(2)35-24(21)29(30,31)32/h3-4,6-7,13-15,20,23,40H,5,8-12,16H2,1-2H3/t20-,23-/m0/s1. The maximum absolute atomic E-state index is 13.6. The average Bonchev–Trinajstić information content (AvgIpc) is 3.61. The van der Waals surface area contributed by atoms with E-state index < -0.39 is 23.9 Å². The first-order valence-corrected chi connectivity index (χ1v) is 14.1. The van der Waals surface area contributed by atoms with Crippen LogP contribution in [0.25, 0.3) is 16.9 Å². The van der Waals surface area contributed by atoms with Gasteiger partial charge in [0, 0.05) is 64.0 Å². The van der Waals surface area contributed by atoms with Crippen molar-refractivity contribution < 1.29 is 37.3 Å². The Morgan fingerprint density at radius 3 is 2.57 bits per heavy atom. The number of hydrogen-bond donors (Lipinski definition) is 1. The molecule has 0 aliphatic carbocycles. The minimum absolute atomic E-state index is 0.0742. The molecule has 0 unspecified atom stereocenters. The van der Waals surface area contributed by atoms with Gasteiger partial charge < -0.3 is 24.4 Å². The van der Waals surface area contributed by atoms with Gasteiger partial charge in [0.15, 0.2) is 5.69 Å². The highest BCUT2D eigenvalue weighted by atomic mass is 19.4. The van der Waals surface area contributed by atoms with Crippen LogP contribution < -0.4 is 4.74 Å². The number of fused-ring (bicyclic) bond motifs is 1. The third-order valence-electron chi connectivity index (χ3n) is 7.93. The molecule has 3 aromatic heterocycles. The molecule has 2 fully saturated rings. The van der Waals surface area contributed by atoms with Crippen LogP contribution in [0.3, 0.4) is 0 Å². The van der Waals surface area contributed by atoms with Crippen LogP contribution in [0.15, 0.2) is 43.0 Å². The van der Waals surface area contributed by atoms with Crippen molar-refractivity contribution in [3.63, 3.8) is 0 Å². The van der Waals surface area contributed by atoms with Crippen molar-refractivity contribution in [2.45, 2.75) is 25.6 Å². The summed E-state index contributed by atoms with van der Waals surface area (Å²) >= 11 is 0. The number of ether oxygens (including phenoxy) is 2. The summed E-state index contributed by atoms with van der Waals surface area (Å²) in [5.74, 6) is -0.332. The molecule has 4 aromatic rings. The number of hydrogen-bond acceptors (Lipinski definition) is 8. The first-order chi connectivity index (χ1) is 21.0. The first kappa shape index (κ1) is 29.6. The minimum atomic E-state index is -4.65. The summed E-state index contributed by atoms with van der Waals surface area (Å²) in [5, 5.41) is 13.7. The molecular weight excluding hydrogens is 583 g/mol. The van der Waals surface area contributed by atoms with E-state index in [1.165, 1.54) is 36.2 Å². The number of rotatable bonds is 5. The lowest BCUT2D eigenvalue weighted by Gasteiger charge is -2.38. The first-order valence-electron chi connectivity index (χ1n) is 14.1. The summed E-state index contributed by atoms with van der Waals surface area (Å²) in [6.07, 6.45) is 0.479. The Labute approximate surface area is 249 Å². The van der Waals surface area contributed by atoms with Gasteiger partial charge in [-0.2, -0.15) is 18.3 Å². The molecule has 15 heteroatoms. The highest BCUT2D eigenvalue weighted by Crippen LogP contribution is 2.37. The fraction of sp³-hybridized carbons (Fsp3) is 0.414. The van der Waals surface area contributed by atoms with Crippen LogP contribution in [-0.2, 0) is 22.8 Å². The Kier molecular flexibility index (Phi) is 7.75. The molecule has 5 heterocycles. The van der Waals surface area contributed by atoms with Crippen LogP contribution in [0.5, 0.6) is 11.6 Å². The van der Waals surface area contributed by atoms with Crippen molar-refractivity contribution in [1.82, 2.24) is 33.9 Å². The molecule has 2 atom stereocenters. The van der Waals surface area contributed by atoms with Crippen LogP contribution in [0.1, 0.15) is 28.0 Å².